The quantitative estimate of drug-likeness (QED) is 0.347. The van der Waals surface area contributed by atoms with Crippen molar-refractivity contribution in [2.75, 3.05) is 30.3 Å². The molecular formula is C27H31N3O3. The molecule has 0 saturated carbocycles. The highest BCUT2D eigenvalue weighted by Gasteiger charge is 2.06. The number of amides is 2. The molecular weight excluding hydrogens is 414 g/mol. The summed E-state index contributed by atoms with van der Waals surface area (Å²) in [6, 6.07) is 24.6. The van der Waals surface area contributed by atoms with Gasteiger partial charge in [0.15, 0.2) is 0 Å². The van der Waals surface area contributed by atoms with Gasteiger partial charge in [-0.3, -0.25) is 9.59 Å². The molecule has 0 bridgehead atoms. The molecule has 0 unspecified atom stereocenters. The summed E-state index contributed by atoms with van der Waals surface area (Å²) in [5.41, 5.74) is 3.27. The topological polar surface area (TPSA) is 79.5 Å². The van der Waals surface area contributed by atoms with Gasteiger partial charge in [0.25, 0.3) is 5.91 Å². The van der Waals surface area contributed by atoms with Crippen LogP contribution in [-0.2, 0) is 11.2 Å². The van der Waals surface area contributed by atoms with E-state index in [1.54, 1.807) is 24.3 Å². The number of benzene rings is 3. The molecule has 0 saturated heterocycles. The van der Waals surface area contributed by atoms with E-state index in [0.717, 1.165) is 24.9 Å². The molecule has 0 heterocycles. The van der Waals surface area contributed by atoms with Crippen molar-refractivity contribution in [3.63, 3.8) is 0 Å². The van der Waals surface area contributed by atoms with Gasteiger partial charge < -0.3 is 20.7 Å². The molecule has 0 aliphatic heterocycles. The molecule has 6 heteroatoms. The van der Waals surface area contributed by atoms with Gasteiger partial charge in [-0.2, -0.15) is 0 Å². The van der Waals surface area contributed by atoms with Gasteiger partial charge in [0.1, 0.15) is 5.75 Å². The first-order chi connectivity index (χ1) is 16.1. The van der Waals surface area contributed by atoms with Crippen LogP contribution in [0.25, 0.3) is 0 Å². The van der Waals surface area contributed by atoms with E-state index in [-0.39, 0.29) is 18.4 Å². The largest absolute Gasteiger partial charge is 0.493 e. The number of hydrogen-bond donors (Lipinski definition) is 3. The zero-order chi connectivity index (χ0) is 23.3. The van der Waals surface area contributed by atoms with E-state index in [2.05, 4.69) is 35.0 Å². The Bertz CT molecular complexity index is 1020. The van der Waals surface area contributed by atoms with Gasteiger partial charge in [-0.1, -0.05) is 49.7 Å². The highest BCUT2D eigenvalue weighted by atomic mass is 16.5. The van der Waals surface area contributed by atoms with Gasteiger partial charge in [0.2, 0.25) is 5.91 Å². The van der Waals surface area contributed by atoms with Crippen LogP contribution in [0.5, 0.6) is 5.75 Å². The molecule has 0 aliphatic rings. The van der Waals surface area contributed by atoms with E-state index in [1.807, 2.05) is 42.5 Å². The van der Waals surface area contributed by atoms with E-state index in [1.165, 1.54) is 5.56 Å². The normalized spacial score (nSPS) is 10.3. The molecule has 0 radical (unpaired) electrons. The Balaban J connectivity index is 1.42. The van der Waals surface area contributed by atoms with Crippen molar-refractivity contribution in [3.8, 4) is 5.75 Å². The lowest BCUT2D eigenvalue weighted by molar-refractivity contribution is -0.114. The number of anilines is 2. The number of carbonyl (C=O) groups excluding carboxylic acids is 2. The van der Waals surface area contributed by atoms with E-state index >= 15 is 0 Å². The summed E-state index contributed by atoms with van der Waals surface area (Å²) in [4.78, 5) is 24.4. The minimum atomic E-state index is -0.169. The molecule has 172 valence electrons. The third kappa shape index (κ3) is 8.33. The van der Waals surface area contributed by atoms with Crippen LogP contribution in [0.15, 0.2) is 78.9 Å². The highest BCUT2D eigenvalue weighted by molar-refractivity contribution is 5.95. The van der Waals surface area contributed by atoms with Crippen molar-refractivity contribution in [2.24, 2.45) is 0 Å². The summed E-state index contributed by atoms with van der Waals surface area (Å²) in [5.74, 6) is 0.459. The summed E-state index contributed by atoms with van der Waals surface area (Å²) >= 11 is 0. The average Bonchev–Trinajstić information content (AvgIpc) is 2.84. The Morgan fingerprint density at radius 2 is 1.67 bits per heavy atom. The minimum Gasteiger partial charge on any atom is -0.493 e. The first-order valence-corrected chi connectivity index (χ1v) is 11.3. The van der Waals surface area contributed by atoms with Crippen molar-refractivity contribution in [1.29, 1.82) is 0 Å². The number of unbranched alkanes of at least 4 members (excludes halogenated alkanes) is 1. The maximum Gasteiger partial charge on any atom is 0.251 e. The fourth-order valence-corrected chi connectivity index (χ4v) is 3.20. The molecule has 33 heavy (non-hydrogen) atoms. The average molecular weight is 446 g/mol. The molecule has 3 N–H and O–H groups in total. The fourth-order valence-electron chi connectivity index (χ4n) is 3.20. The lowest BCUT2D eigenvalue weighted by Gasteiger charge is -2.11. The first kappa shape index (κ1) is 23.9. The number of carbonyl (C=O) groups is 2. The summed E-state index contributed by atoms with van der Waals surface area (Å²) in [5, 5.41) is 8.84. The monoisotopic (exact) mass is 445 g/mol. The lowest BCUT2D eigenvalue weighted by Crippen LogP contribution is -2.24. The molecule has 2 amide bonds. The van der Waals surface area contributed by atoms with Crippen LogP contribution in [0, 0.1) is 0 Å². The molecule has 0 atom stereocenters. The van der Waals surface area contributed by atoms with Crippen LogP contribution in [0.2, 0.25) is 0 Å². The fraction of sp³-hybridized carbons (Fsp3) is 0.259. The van der Waals surface area contributed by atoms with Crippen molar-refractivity contribution in [1.82, 2.24) is 5.32 Å². The van der Waals surface area contributed by atoms with Gasteiger partial charge in [0.05, 0.1) is 13.2 Å². The van der Waals surface area contributed by atoms with Gasteiger partial charge in [0, 0.05) is 36.0 Å². The molecule has 0 spiro atoms. The molecule has 0 aliphatic carbocycles. The van der Waals surface area contributed by atoms with Crippen molar-refractivity contribution >= 4 is 23.2 Å². The van der Waals surface area contributed by atoms with Gasteiger partial charge >= 0.3 is 0 Å². The number of ether oxygens (including phenoxy) is 1. The summed E-state index contributed by atoms with van der Waals surface area (Å²) in [7, 11) is 0. The van der Waals surface area contributed by atoms with E-state index < -0.39 is 0 Å². The second-order valence-corrected chi connectivity index (χ2v) is 7.70. The van der Waals surface area contributed by atoms with Crippen LogP contribution < -0.4 is 20.7 Å². The zero-order valence-electron chi connectivity index (χ0n) is 19.0. The Hall–Kier alpha value is -3.80. The predicted molar refractivity (Wildman–Crippen MR) is 133 cm³/mol. The van der Waals surface area contributed by atoms with Crippen molar-refractivity contribution in [3.05, 3.63) is 90.0 Å². The first-order valence-electron chi connectivity index (χ1n) is 11.3. The molecule has 3 aromatic rings. The van der Waals surface area contributed by atoms with Crippen LogP contribution in [0.4, 0.5) is 11.4 Å². The smallest absolute Gasteiger partial charge is 0.251 e. The second-order valence-electron chi connectivity index (χ2n) is 7.70. The second kappa shape index (κ2) is 12.9. The van der Waals surface area contributed by atoms with E-state index in [4.69, 9.17) is 4.74 Å². The summed E-state index contributed by atoms with van der Waals surface area (Å²) in [6.45, 7) is 3.44. The Morgan fingerprint density at radius 3 is 2.42 bits per heavy atom. The number of hydrogen-bond acceptors (Lipinski definition) is 4. The maximum absolute atomic E-state index is 12.3. The maximum atomic E-state index is 12.3. The third-order valence-electron chi connectivity index (χ3n) is 5.04. The van der Waals surface area contributed by atoms with Gasteiger partial charge in [-0.25, -0.2) is 0 Å². The molecule has 3 aromatic carbocycles. The van der Waals surface area contributed by atoms with Crippen LogP contribution in [-0.4, -0.2) is 31.5 Å². The minimum absolute atomic E-state index is 0.0846. The molecule has 0 fully saturated rings. The zero-order valence-corrected chi connectivity index (χ0v) is 19.0. The Labute approximate surface area is 195 Å². The molecule has 0 aromatic heterocycles. The SMILES string of the molecule is CCCCNC(=O)c1ccc(NCC(=O)Nc2cccc(OCCc3ccccc3)c2)cc1. The van der Waals surface area contributed by atoms with Gasteiger partial charge in [-0.15, -0.1) is 0 Å². The summed E-state index contributed by atoms with van der Waals surface area (Å²) < 4.78 is 5.82. The Kier molecular flexibility index (Phi) is 9.33. The third-order valence-corrected chi connectivity index (χ3v) is 5.04. The number of nitrogens with one attached hydrogen (secondary N) is 3. The van der Waals surface area contributed by atoms with Gasteiger partial charge in [-0.05, 0) is 48.4 Å². The molecule has 3 rings (SSSR count). The van der Waals surface area contributed by atoms with E-state index in [0.29, 0.717) is 30.2 Å². The number of rotatable bonds is 12. The van der Waals surface area contributed by atoms with Crippen molar-refractivity contribution in [2.45, 2.75) is 26.2 Å². The van der Waals surface area contributed by atoms with Crippen LogP contribution in [0.3, 0.4) is 0 Å². The Morgan fingerprint density at radius 1 is 0.879 bits per heavy atom. The summed E-state index contributed by atoms with van der Waals surface area (Å²) in [6.07, 6.45) is 2.82. The van der Waals surface area contributed by atoms with Crippen LogP contribution in [0.1, 0.15) is 35.7 Å². The highest BCUT2D eigenvalue weighted by Crippen LogP contribution is 2.18. The lowest BCUT2D eigenvalue weighted by atomic mass is 10.2. The van der Waals surface area contributed by atoms with Crippen molar-refractivity contribution < 1.29 is 14.3 Å². The van der Waals surface area contributed by atoms with E-state index in [9.17, 15) is 9.59 Å². The molecule has 6 nitrogen and oxygen atoms in total. The predicted octanol–water partition coefficient (Wildman–Crippen LogP) is 4.89. The van der Waals surface area contributed by atoms with Crippen LogP contribution >= 0.6 is 0 Å². The standard InChI is InChI=1S/C27H31N3O3/c1-2-3-17-28-27(32)22-12-14-23(15-13-22)29-20-26(31)30-24-10-7-11-25(19-24)33-18-16-21-8-5-4-6-9-21/h4-15,19,29H,2-3,16-18,20H2,1H3,(H,28,32)(H,30,31).